The molecule has 1 fully saturated rings. The Kier molecular flexibility index (Phi) is 4.75. The molecule has 20 heavy (non-hydrogen) atoms. The van der Waals surface area contributed by atoms with E-state index in [1.165, 1.54) is 11.8 Å². The summed E-state index contributed by atoms with van der Waals surface area (Å²) in [5.74, 6) is 0.221. The van der Waals surface area contributed by atoms with Gasteiger partial charge in [-0.15, -0.1) is 0 Å². The van der Waals surface area contributed by atoms with Gasteiger partial charge in [0.1, 0.15) is 10.1 Å². The molecule has 1 aliphatic heterocycles. The topological polar surface area (TPSA) is 67.4 Å². The third-order valence-electron chi connectivity index (χ3n) is 2.47. The van der Waals surface area contributed by atoms with Crippen LogP contribution in [-0.4, -0.2) is 29.8 Å². The van der Waals surface area contributed by atoms with Crippen LogP contribution in [0.5, 0.6) is 5.75 Å². The number of carbonyl (C=O) groups is 2. The Morgan fingerprint density at radius 1 is 1.45 bits per heavy atom. The average molecular weight is 308 g/mol. The molecule has 0 radical (unpaired) electrons. The first-order chi connectivity index (χ1) is 9.58. The van der Waals surface area contributed by atoms with Gasteiger partial charge in [-0.2, -0.15) is 0 Å². The molecule has 0 unspecified atom stereocenters. The number of thiocarbonyl (C=S) groups is 1. The summed E-state index contributed by atoms with van der Waals surface area (Å²) < 4.78 is 5.75. The van der Waals surface area contributed by atoms with Crippen LogP contribution < -0.4 is 15.4 Å². The number of ether oxygens (including phenoxy) is 1. The summed E-state index contributed by atoms with van der Waals surface area (Å²) in [6.45, 7) is -0.0243. The van der Waals surface area contributed by atoms with Gasteiger partial charge in [0.25, 0.3) is 11.8 Å². The normalized spacial score (nSPS) is 16.1. The van der Waals surface area contributed by atoms with E-state index in [0.717, 1.165) is 5.56 Å². The quantitative estimate of drug-likeness (QED) is 0.648. The molecule has 1 aliphatic rings. The van der Waals surface area contributed by atoms with Crippen molar-refractivity contribution in [1.82, 2.24) is 10.6 Å². The van der Waals surface area contributed by atoms with Gasteiger partial charge in [0.2, 0.25) is 0 Å². The lowest BCUT2D eigenvalue weighted by molar-refractivity contribution is -0.122. The van der Waals surface area contributed by atoms with E-state index in [4.69, 9.17) is 17.0 Å². The number of nitrogens with one attached hydrogen (secondary N) is 2. The molecule has 104 valence electrons. The van der Waals surface area contributed by atoms with Crippen LogP contribution >= 0.6 is 24.0 Å². The van der Waals surface area contributed by atoms with Crippen molar-refractivity contribution in [3.63, 3.8) is 0 Å². The number of rotatable bonds is 4. The molecule has 2 N–H and O–H groups in total. The zero-order valence-corrected chi connectivity index (χ0v) is 12.3. The summed E-state index contributed by atoms with van der Waals surface area (Å²) in [5.41, 5.74) is 0.861. The zero-order valence-electron chi connectivity index (χ0n) is 10.6. The highest BCUT2D eigenvalue weighted by atomic mass is 32.2. The van der Waals surface area contributed by atoms with Crippen molar-refractivity contribution in [3.05, 3.63) is 34.7 Å². The smallest absolute Gasteiger partial charge is 0.263 e. The van der Waals surface area contributed by atoms with Gasteiger partial charge in [-0.25, -0.2) is 0 Å². The first-order valence-electron chi connectivity index (χ1n) is 5.77. The lowest BCUT2D eigenvalue weighted by atomic mass is 10.2. The third kappa shape index (κ3) is 3.82. The second-order valence-corrected chi connectivity index (χ2v) is 5.60. The van der Waals surface area contributed by atoms with Crippen LogP contribution in [0.4, 0.5) is 0 Å². The maximum atomic E-state index is 11.5. The number of likely N-dealkylation sites (N-methyl/N-ethyl adjacent to an activating group) is 1. The van der Waals surface area contributed by atoms with Gasteiger partial charge in [0, 0.05) is 7.05 Å². The van der Waals surface area contributed by atoms with E-state index in [1.807, 2.05) is 0 Å². The predicted molar refractivity (Wildman–Crippen MR) is 82.3 cm³/mol. The Bertz CT molecular complexity index is 582. The summed E-state index contributed by atoms with van der Waals surface area (Å²) in [7, 11) is 1.55. The summed E-state index contributed by atoms with van der Waals surface area (Å²) in [4.78, 5) is 23.1. The summed E-state index contributed by atoms with van der Waals surface area (Å²) >= 11 is 6.15. The number of amides is 2. The second kappa shape index (κ2) is 6.53. The molecule has 1 aromatic carbocycles. The van der Waals surface area contributed by atoms with Gasteiger partial charge in [0.15, 0.2) is 6.61 Å². The van der Waals surface area contributed by atoms with Crippen molar-refractivity contribution in [2.45, 2.75) is 0 Å². The molecule has 0 atom stereocenters. The van der Waals surface area contributed by atoms with Crippen molar-refractivity contribution in [2.24, 2.45) is 0 Å². The highest BCUT2D eigenvalue weighted by molar-refractivity contribution is 8.26. The van der Waals surface area contributed by atoms with Gasteiger partial charge < -0.3 is 15.4 Å². The summed E-state index contributed by atoms with van der Waals surface area (Å²) in [5, 5.41) is 5.03. The fraction of sp³-hybridized carbons (Fsp3) is 0.154. The van der Waals surface area contributed by atoms with Gasteiger partial charge >= 0.3 is 0 Å². The number of hydrogen-bond donors (Lipinski definition) is 2. The van der Waals surface area contributed by atoms with E-state index in [0.29, 0.717) is 15.0 Å². The molecule has 1 saturated heterocycles. The van der Waals surface area contributed by atoms with Crippen molar-refractivity contribution >= 4 is 46.2 Å². The Morgan fingerprint density at radius 3 is 2.70 bits per heavy atom. The van der Waals surface area contributed by atoms with Crippen LogP contribution in [0.15, 0.2) is 29.2 Å². The lowest BCUT2D eigenvalue weighted by Gasteiger charge is -2.05. The molecule has 0 aliphatic carbocycles. The monoisotopic (exact) mass is 308 g/mol. The number of carbonyl (C=O) groups excluding carboxylic acids is 2. The zero-order chi connectivity index (χ0) is 14.5. The Balaban J connectivity index is 2.01. The molecule has 5 nitrogen and oxygen atoms in total. The van der Waals surface area contributed by atoms with E-state index in [9.17, 15) is 9.59 Å². The molecule has 2 rings (SSSR count). The first-order valence-corrected chi connectivity index (χ1v) is 6.99. The number of hydrogen-bond acceptors (Lipinski definition) is 5. The number of thioether (sulfide) groups is 1. The Labute approximate surface area is 125 Å². The standard InChI is InChI=1S/C13H12N2O3S2/c1-14-11(16)7-18-9-4-2-8(3-5-9)6-10-12(17)15-13(19)20-10/h2-6H,7H2,1H3,(H,14,16)(H,15,17,19)/b10-6-. The van der Waals surface area contributed by atoms with Crippen molar-refractivity contribution in [2.75, 3.05) is 13.7 Å². The highest BCUT2D eigenvalue weighted by Crippen LogP contribution is 2.26. The van der Waals surface area contributed by atoms with Gasteiger partial charge in [-0.1, -0.05) is 36.1 Å². The first kappa shape index (κ1) is 14.5. The van der Waals surface area contributed by atoms with E-state index in [2.05, 4.69) is 10.6 Å². The van der Waals surface area contributed by atoms with Crippen LogP contribution in [0, 0.1) is 0 Å². The minimum atomic E-state index is -0.191. The second-order valence-electron chi connectivity index (χ2n) is 3.88. The van der Waals surface area contributed by atoms with E-state index in [-0.39, 0.29) is 18.4 Å². The molecule has 1 aromatic rings. The van der Waals surface area contributed by atoms with Crippen LogP contribution in [0.25, 0.3) is 6.08 Å². The van der Waals surface area contributed by atoms with Crippen molar-refractivity contribution < 1.29 is 14.3 Å². The molecule has 2 amide bonds. The Morgan fingerprint density at radius 2 is 2.15 bits per heavy atom. The molecule has 1 heterocycles. The maximum Gasteiger partial charge on any atom is 0.263 e. The van der Waals surface area contributed by atoms with Crippen LogP contribution in [0.3, 0.4) is 0 Å². The van der Waals surface area contributed by atoms with Crippen molar-refractivity contribution in [3.8, 4) is 5.75 Å². The van der Waals surface area contributed by atoms with Gasteiger partial charge in [0.05, 0.1) is 4.91 Å². The maximum absolute atomic E-state index is 11.5. The summed E-state index contributed by atoms with van der Waals surface area (Å²) in [6.07, 6.45) is 1.75. The Hall–Kier alpha value is -1.86. The third-order valence-corrected chi connectivity index (χ3v) is 3.63. The van der Waals surface area contributed by atoms with Crippen molar-refractivity contribution in [1.29, 1.82) is 0 Å². The van der Waals surface area contributed by atoms with Crippen LogP contribution in [0.2, 0.25) is 0 Å². The predicted octanol–water partition coefficient (Wildman–Crippen LogP) is 1.30. The molecule has 0 spiro atoms. The SMILES string of the molecule is CNC(=O)COc1ccc(/C=C2\SC(=S)NC2=O)cc1. The fourth-order valence-electron chi connectivity index (χ4n) is 1.45. The fourth-order valence-corrected chi connectivity index (χ4v) is 2.50. The molecular weight excluding hydrogens is 296 g/mol. The van der Waals surface area contributed by atoms with E-state index < -0.39 is 0 Å². The minimum Gasteiger partial charge on any atom is -0.484 e. The molecular formula is C13H12N2O3S2. The summed E-state index contributed by atoms with van der Waals surface area (Å²) in [6, 6.07) is 7.10. The molecule has 7 heteroatoms. The van der Waals surface area contributed by atoms with Gasteiger partial charge in [-0.3, -0.25) is 9.59 Å². The van der Waals surface area contributed by atoms with Crippen LogP contribution in [0.1, 0.15) is 5.56 Å². The average Bonchev–Trinajstić information content (AvgIpc) is 2.75. The highest BCUT2D eigenvalue weighted by Gasteiger charge is 2.21. The molecule has 0 aromatic heterocycles. The van der Waals surface area contributed by atoms with E-state index in [1.54, 1.807) is 37.4 Å². The largest absolute Gasteiger partial charge is 0.484 e. The number of benzene rings is 1. The molecule has 0 saturated carbocycles. The molecule has 0 bridgehead atoms. The minimum absolute atomic E-state index is 0.0243. The van der Waals surface area contributed by atoms with E-state index >= 15 is 0 Å². The van der Waals surface area contributed by atoms with Crippen LogP contribution in [-0.2, 0) is 9.59 Å². The van der Waals surface area contributed by atoms with Gasteiger partial charge in [-0.05, 0) is 23.8 Å². The lowest BCUT2D eigenvalue weighted by Crippen LogP contribution is -2.24.